The van der Waals surface area contributed by atoms with Gasteiger partial charge in [-0.3, -0.25) is 9.78 Å². The van der Waals surface area contributed by atoms with Crippen molar-refractivity contribution in [3.8, 4) is 5.75 Å². The fraction of sp³-hybridized carbons (Fsp3) is 0.286. The summed E-state index contributed by atoms with van der Waals surface area (Å²) >= 11 is 0. The molecule has 1 aromatic carbocycles. The Morgan fingerprint density at radius 2 is 2.22 bits per heavy atom. The summed E-state index contributed by atoms with van der Waals surface area (Å²) in [6, 6.07) is 7.49. The van der Waals surface area contributed by atoms with Gasteiger partial charge in [-0.2, -0.15) is 0 Å². The molecule has 1 aliphatic carbocycles. The van der Waals surface area contributed by atoms with Crippen molar-refractivity contribution in [2.45, 2.75) is 12.8 Å². The maximum Gasteiger partial charge on any atom is 0.227 e. The van der Waals surface area contributed by atoms with Crippen molar-refractivity contribution >= 4 is 22.5 Å². The number of hydrogen-bond acceptors (Lipinski definition) is 3. The van der Waals surface area contributed by atoms with E-state index in [1.807, 2.05) is 24.3 Å². The maximum atomic E-state index is 11.8. The average molecular weight is 242 g/mol. The zero-order chi connectivity index (χ0) is 12.5. The Kier molecular flexibility index (Phi) is 2.63. The Morgan fingerprint density at radius 1 is 1.39 bits per heavy atom. The van der Waals surface area contributed by atoms with Crippen LogP contribution in [0.3, 0.4) is 0 Å². The van der Waals surface area contributed by atoms with E-state index in [0.29, 0.717) is 0 Å². The van der Waals surface area contributed by atoms with Crippen LogP contribution in [-0.4, -0.2) is 18.0 Å². The molecule has 1 N–H and O–H groups in total. The number of nitrogens with one attached hydrogen (secondary N) is 1. The number of carbonyl (C=O) groups is 1. The zero-order valence-corrected chi connectivity index (χ0v) is 10.1. The molecule has 1 aliphatic rings. The lowest BCUT2D eigenvalue weighted by Crippen LogP contribution is -2.13. The summed E-state index contributed by atoms with van der Waals surface area (Å²) in [7, 11) is 1.63. The molecule has 1 heterocycles. The van der Waals surface area contributed by atoms with E-state index in [1.165, 1.54) is 0 Å². The molecule has 92 valence electrons. The van der Waals surface area contributed by atoms with E-state index in [9.17, 15) is 4.79 Å². The van der Waals surface area contributed by atoms with Gasteiger partial charge in [0, 0.05) is 17.5 Å². The number of amides is 1. The summed E-state index contributed by atoms with van der Waals surface area (Å²) < 4.78 is 5.29. The van der Waals surface area contributed by atoms with Gasteiger partial charge in [-0.1, -0.05) is 0 Å². The molecule has 0 atom stereocenters. The van der Waals surface area contributed by atoms with Crippen molar-refractivity contribution in [2.24, 2.45) is 5.92 Å². The number of benzene rings is 1. The summed E-state index contributed by atoms with van der Waals surface area (Å²) in [5.74, 6) is 1.04. The van der Waals surface area contributed by atoms with Crippen LogP contribution in [0.1, 0.15) is 12.8 Å². The Balaban J connectivity index is 2.03. The first-order chi connectivity index (χ1) is 8.79. The van der Waals surface area contributed by atoms with Crippen molar-refractivity contribution in [3.05, 3.63) is 30.5 Å². The second-order valence-electron chi connectivity index (χ2n) is 4.48. The average Bonchev–Trinajstić information content (AvgIpc) is 3.23. The standard InChI is InChI=1S/C14H14N2O2/c1-18-12-7-6-11(16-14(17)9-4-5-9)13-10(12)3-2-8-15-13/h2-3,6-9H,4-5H2,1H3,(H,16,17). The third-order valence-electron chi connectivity index (χ3n) is 3.16. The molecule has 0 spiro atoms. The number of hydrogen-bond donors (Lipinski definition) is 1. The molecule has 0 saturated heterocycles. The third-order valence-corrected chi connectivity index (χ3v) is 3.16. The topological polar surface area (TPSA) is 51.2 Å². The van der Waals surface area contributed by atoms with Gasteiger partial charge >= 0.3 is 0 Å². The summed E-state index contributed by atoms with van der Waals surface area (Å²) in [5.41, 5.74) is 1.52. The second-order valence-corrected chi connectivity index (χ2v) is 4.48. The summed E-state index contributed by atoms with van der Waals surface area (Å²) in [5, 5.41) is 3.85. The molecule has 2 aromatic rings. The lowest BCUT2D eigenvalue weighted by molar-refractivity contribution is -0.117. The summed E-state index contributed by atoms with van der Waals surface area (Å²) in [6.07, 6.45) is 3.70. The van der Waals surface area contributed by atoms with Crippen LogP contribution in [-0.2, 0) is 4.79 Å². The lowest BCUT2D eigenvalue weighted by Gasteiger charge is -2.10. The van der Waals surface area contributed by atoms with Crippen molar-refractivity contribution in [2.75, 3.05) is 12.4 Å². The predicted octanol–water partition coefficient (Wildman–Crippen LogP) is 2.59. The van der Waals surface area contributed by atoms with Crippen molar-refractivity contribution in [1.82, 2.24) is 4.98 Å². The van der Waals surface area contributed by atoms with Gasteiger partial charge in [0.15, 0.2) is 0 Å². The number of rotatable bonds is 3. The fourth-order valence-corrected chi connectivity index (χ4v) is 2.01. The summed E-state index contributed by atoms with van der Waals surface area (Å²) in [6.45, 7) is 0. The minimum atomic E-state index is 0.0899. The monoisotopic (exact) mass is 242 g/mol. The van der Waals surface area contributed by atoms with Crippen LogP contribution in [0.5, 0.6) is 5.75 Å². The number of methoxy groups -OCH3 is 1. The van der Waals surface area contributed by atoms with E-state index in [0.717, 1.165) is 35.2 Å². The van der Waals surface area contributed by atoms with E-state index in [4.69, 9.17) is 4.74 Å². The van der Waals surface area contributed by atoms with E-state index in [1.54, 1.807) is 13.3 Å². The Labute approximate surface area is 105 Å². The molecule has 0 radical (unpaired) electrons. The SMILES string of the molecule is COc1ccc(NC(=O)C2CC2)c2ncccc12. The van der Waals surface area contributed by atoms with Crippen LogP contribution in [0.25, 0.3) is 10.9 Å². The number of aromatic nitrogens is 1. The van der Waals surface area contributed by atoms with Gasteiger partial charge < -0.3 is 10.1 Å². The quantitative estimate of drug-likeness (QED) is 0.900. The molecule has 18 heavy (non-hydrogen) atoms. The molecular weight excluding hydrogens is 228 g/mol. The number of nitrogens with zero attached hydrogens (tertiary/aromatic N) is 1. The molecule has 4 heteroatoms. The van der Waals surface area contributed by atoms with Crippen LogP contribution in [0.15, 0.2) is 30.5 Å². The molecule has 0 bridgehead atoms. The van der Waals surface area contributed by atoms with Crippen LogP contribution in [0.4, 0.5) is 5.69 Å². The minimum absolute atomic E-state index is 0.0899. The van der Waals surface area contributed by atoms with Crippen LogP contribution in [0.2, 0.25) is 0 Å². The molecule has 4 nitrogen and oxygen atoms in total. The van der Waals surface area contributed by atoms with E-state index in [2.05, 4.69) is 10.3 Å². The van der Waals surface area contributed by atoms with Gasteiger partial charge in [0.25, 0.3) is 0 Å². The van der Waals surface area contributed by atoms with Gasteiger partial charge in [-0.25, -0.2) is 0 Å². The first kappa shape index (κ1) is 11.0. The molecule has 1 aromatic heterocycles. The Bertz CT molecular complexity index is 606. The van der Waals surface area contributed by atoms with Gasteiger partial charge in [0.2, 0.25) is 5.91 Å². The number of ether oxygens (including phenoxy) is 1. The number of carbonyl (C=O) groups excluding carboxylic acids is 1. The summed E-state index contributed by atoms with van der Waals surface area (Å²) in [4.78, 5) is 16.1. The van der Waals surface area contributed by atoms with Gasteiger partial charge in [-0.15, -0.1) is 0 Å². The molecule has 1 saturated carbocycles. The van der Waals surface area contributed by atoms with Gasteiger partial charge in [0.1, 0.15) is 5.75 Å². The highest BCUT2D eigenvalue weighted by Crippen LogP contribution is 2.33. The number of anilines is 1. The molecule has 3 rings (SSSR count). The predicted molar refractivity (Wildman–Crippen MR) is 69.6 cm³/mol. The number of fused-ring (bicyclic) bond motifs is 1. The minimum Gasteiger partial charge on any atom is -0.496 e. The van der Waals surface area contributed by atoms with Crippen LogP contribution < -0.4 is 10.1 Å². The maximum absolute atomic E-state index is 11.8. The van der Waals surface area contributed by atoms with Gasteiger partial charge in [-0.05, 0) is 37.1 Å². The second kappa shape index (κ2) is 4.29. The number of pyridine rings is 1. The van der Waals surface area contributed by atoms with Gasteiger partial charge in [0.05, 0.1) is 18.3 Å². The highest BCUT2D eigenvalue weighted by Gasteiger charge is 2.29. The van der Waals surface area contributed by atoms with Crippen molar-refractivity contribution < 1.29 is 9.53 Å². The van der Waals surface area contributed by atoms with E-state index < -0.39 is 0 Å². The fourth-order valence-electron chi connectivity index (χ4n) is 2.01. The zero-order valence-electron chi connectivity index (χ0n) is 10.1. The molecule has 0 unspecified atom stereocenters. The van der Waals surface area contributed by atoms with Crippen LogP contribution >= 0.6 is 0 Å². The normalized spacial score (nSPS) is 14.5. The van der Waals surface area contributed by atoms with Crippen molar-refractivity contribution in [3.63, 3.8) is 0 Å². The molecule has 0 aliphatic heterocycles. The Morgan fingerprint density at radius 3 is 2.94 bits per heavy atom. The largest absolute Gasteiger partial charge is 0.496 e. The van der Waals surface area contributed by atoms with Crippen molar-refractivity contribution in [1.29, 1.82) is 0 Å². The highest BCUT2D eigenvalue weighted by atomic mass is 16.5. The highest BCUT2D eigenvalue weighted by molar-refractivity contribution is 6.03. The first-order valence-electron chi connectivity index (χ1n) is 6.02. The lowest BCUT2D eigenvalue weighted by atomic mass is 10.1. The molecule has 1 amide bonds. The smallest absolute Gasteiger partial charge is 0.227 e. The van der Waals surface area contributed by atoms with Crippen LogP contribution in [0, 0.1) is 5.92 Å². The van der Waals surface area contributed by atoms with E-state index in [-0.39, 0.29) is 11.8 Å². The third kappa shape index (κ3) is 1.90. The molecule has 1 fully saturated rings. The van der Waals surface area contributed by atoms with E-state index >= 15 is 0 Å². The Hall–Kier alpha value is -2.10. The molecular formula is C14H14N2O2. The first-order valence-corrected chi connectivity index (χ1v) is 6.02.